The quantitative estimate of drug-likeness (QED) is 0.795. The summed E-state index contributed by atoms with van der Waals surface area (Å²) in [7, 11) is 0. The first-order chi connectivity index (χ1) is 8.20. The van der Waals surface area contributed by atoms with E-state index in [1.165, 1.54) is 12.1 Å². The van der Waals surface area contributed by atoms with Gasteiger partial charge in [-0.25, -0.2) is 8.78 Å². The van der Waals surface area contributed by atoms with Crippen LogP contribution >= 0.6 is 15.9 Å². The average molecular weight is 307 g/mol. The summed E-state index contributed by atoms with van der Waals surface area (Å²) in [6.07, 6.45) is 0.878. The van der Waals surface area contributed by atoms with Crippen LogP contribution in [0.5, 0.6) is 5.75 Å². The lowest BCUT2D eigenvalue weighted by atomic mass is 10.1. The molecule has 1 aromatic rings. The number of ether oxygens (including phenoxy) is 2. The molecule has 1 unspecified atom stereocenters. The van der Waals surface area contributed by atoms with Crippen LogP contribution in [-0.4, -0.2) is 19.8 Å². The molecule has 5 heteroatoms. The van der Waals surface area contributed by atoms with Gasteiger partial charge in [0.2, 0.25) is 0 Å². The molecule has 0 aromatic heterocycles. The number of benzene rings is 1. The van der Waals surface area contributed by atoms with Gasteiger partial charge in [0.1, 0.15) is 0 Å². The highest BCUT2D eigenvalue weighted by Crippen LogP contribution is 2.25. The van der Waals surface area contributed by atoms with Gasteiger partial charge in [-0.05, 0) is 24.1 Å². The smallest absolute Gasteiger partial charge is 0.190 e. The lowest BCUT2D eigenvalue weighted by molar-refractivity contribution is 0.163. The maximum Gasteiger partial charge on any atom is 0.190 e. The highest BCUT2D eigenvalue weighted by atomic mass is 79.9. The van der Waals surface area contributed by atoms with Crippen molar-refractivity contribution in [2.45, 2.75) is 11.8 Å². The Kier molecular flexibility index (Phi) is 4.34. The molecule has 2 nitrogen and oxygen atoms in total. The minimum absolute atomic E-state index is 0.227. The molecule has 1 heterocycles. The van der Waals surface area contributed by atoms with Crippen molar-refractivity contribution in [2.75, 3.05) is 19.8 Å². The maximum absolute atomic E-state index is 13.6. The van der Waals surface area contributed by atoms with E-state index in [1.54, 1.807) is 0 Å². The second-order valence-electron chi connectivity index (χ2n) is 4.06. The van der Waals surface area contributed by atoms with Crippen LogP contribution in [-0.2, 0) is 10.1 Å². The largest absolute Gasteiger partial charge is 0.487 e. The third kappa shape index (κ3) is 3.16. The Balaban J connectivity index is 2.04. The lowest BCUT2D eigenvalue weighted by Crippen LogP contribution is -2.13. The topological polar surface area (TPSA) is 18.5 Å². The fourth-order valence-corrected chi connectivity index (χ4v) is 2.07. The molecular weight excluding hydrogens is 294 g/mol. The molecule has 0 spiro atoms. The Morgan fingerprint density at radius 1 is 1.35 bits per heavy atom. The van der Waals surface area contributed by atoms with Crippen LogP contribution < -0.4 is 4.74 Å². The Morgan fingerprint density at radius 2 is 2.06 bits per heavy atom. The minimum Gasteiger partial charge on any atom is -0.487 e. The molecule has 0 bridgehead atoms. The molecule has 1 aliphatic rings. The van der Waals surface area contributed by atoms with Gasteiger partial charge in [0, 0.05) is 17.9 Å². The third-order valence-corrected chi connectivity index (χ3v) is 3.35. The van der Waals surface area contributed by atoms with Crippen LogP contribution in [0.25, 0.3) is 0 Å². The van der Waals surface area contributed by atoms with Gasteiger partial charge >= 0.3 is 0 Å². The lowest BCUT2D eigenvalue weighted by Gasteiger charge is -2.12. The Labute approximate surface area is 107 Å². The molecular formula is C12H13BrF2O2. The zero-order valence-electron chi connectivity index (χ0n) is 9.22. The van der Waals surface area contributed by atoms with E-state index in [9.17, 15) is 8.78 Å². The zero-order valence-corrected chi connectivity index (χ0v) is 10.8. The number of halogens is 3. The van der Waals surface area contributed by atoms with Crippen molar-refractivity contribution >= 4 is 15.9 Å². The van der Waals surface area contributed by atoms with Crippen molar-refractivity contribution in [3.63, 3.8) is 0 Å². The second kappa shape index (κ2) is 5.78. The second-order valence-corrected chi connectivity index (χ2v) is 4.62. The molecule has 0 amide bonds. The van der Waals surface area contributed by atoms with Gasteiger partial charge in [0.15, 0.2) is 17.4 Å². The molecule has 17 heavy (non-hydrogen) atoms. The predicted molar refractivity (Wildman–Crippen MR) is 63.4 cm³/mol. The fourth-order valence-electron chi connectivity index (χ4n) is 1.74. The predicted octanol–water partition coefficient (Wildman–Crippen LogP) is 3.28. The SMILES string of the molecule is Fc1cc(CBr)cc(F)c1OCC1CCOC1. The highest BCUT2D eigenvalue weighted by molar-refractivity contribution is 9.08. The minimum atomic E-state index is -0.654. The van der Waals surface area contributed by atoms with Crippen LogP contribution in [0.1, 0.15) is 12.0 Å². The summed E-state index contributed by atoms with van der Waals surface area (Å²) in [5, 5.41) is 0.414. The van der Waals surface area contributed by atoms with E-state index in [0.29, 0.717) is 30.7 Å². The normalized spacial score (nSPS) is 19.6. The molecule has 0 saturated carbocycles. The van der Waals surface area contributed by atoms with Gasteiger partial charge in [0.25, 0.3) is 0 Å². The van der Waals surface area contributed by atoms with Gasteiger partial charge < -0.3 is 9.47 Å². The molecule has 94 valence electrons. The van der Waals surface area contributed by atoms with Gasteiger partial charge in [-0.15, -0.1) is 0 Å². The van der Waals surface area contributed by atoms with E-state index in [-0.39, 0.29) is 11.7 Å². The van der Waals surface area contributed by atoms with E-state index in [1.807, 2.05) is 0 Å². The standard InChI is InChI=1S/C12H13BrF2O2/c13-5-9-3-10(14)12(11(15)4-9)17-7-8-1-2-16-6-8/h3-4,8H,1-2,5-7H2. The van der Waals surface area contributed by atoms with Gasteiger partial charge in [-0.2, -0.15) is 0 Å². The number of alkyl halides is 1. The Hall–Kier alpha value is -0.680. The summed E-state index contributed by atoms with van der Waals surface area (Å²) >= 11 is 3.15. The van der Waals surface area contributed by atoms with Crippen LogP contribution in [0.15, 0.2) is 12.1 Å². The van der Waals surface area contributed by atoms with Crippen molar-refractivity contribution in [3.8, 4) is 5.75 Å². The van der Waals surface area contributed by atoms with Gasteiger partial charge in [-0.1, -0.05) is 15.9 Å². The first kappa shape index (κ1) is 12.8. The van der Waals surface area contributed by atoms with Crippen LogP contribution in [0.3, 0.4) is 0 Å². The molecule has 0 aliphatic carbocycles. The summed E-state index contributed by atoms with van der Waals surface area (Å²) in [5.74, 6) is -1.37. The van der Waals surface area contributed by atoms with Crippen LogP contribution in [0, 0.1) is 17.6 Å². The molecule has 2 rings (SSSR count). The number of hydrogen-bond acceptors (Lipinski definition) is 2. The summed E-state index contributed by atoms with van der Waals surface area (Å²) in [6, 6.07) is 2.55. The average Bonchev–Trinajstić information content (AvgIpc) is 2.80. The van der Waals surface area contributed by atoms with E-state index >= 15 is 0 Å². The van der Waals surface area contributed by atoms with Crippen molar-refractivity contribution in [1.29, 1.82) is 0 Å². The molecule has 1 atom stereocenters. The number of hydrogen-bond donors (Lipinski definition) is 0. The summed E-state index contributed by atoms with van der Waals surface area (Å²) < 4.78 is 37.5. The van der Waals surface area contributed by atoms with Crippen molar-refractivity contribution in [1.82, 2.24) is 0 Å². The van der Waals surface area contributed by atoms with Crippen molar-refractivity contribution in [2.24, 2.45) is 5.92 Å². The number of rotatable bonds is 4. The Bertz CT molecular complexity index is 369. The molecule has 1 aromatic carbocycles. The van der Waals surface area contributed by atoms with Crippen LogP contribution in [0.2, 0.25) is 0 Å². The monoisotopic (exact) mass is 306 g/mol. The van der Waals surface area contributed by atoms with E-state index in [0.717, 1.165) is 6.42 Å². The zero-order chi connectivity index (χ0) is 12.3. The van der Waals surface area contributed by atoms with E-state index < -0.39 is 11.6 Å². The summed E-state index contributed by atoms with van der Waals surface area (Å²) in [6.45, 7) is 1.59. The van der Waals surface area contributed by atoms with Crippen molar-refractivity contribution in [3.05, 3.63) is 29.3 Å². The van der Waals surface area contributed by atoms with Crippen molar-refractivity contribution < 1.29 is 18.3 Å². The van der Waals surface area contributed by atoms with Crippen LogP contribution in [0.4, 0.5) is 8.78 Å². The molecule has 1 saturated heterocycles. The van der Waals surface area contributed by atoms with Gasteiger partial charge in [-0.3, -0.25) is 0 Å². The van der Waals surface area contributed by atoms with E-state index in [4.69, 9.17) is 9.47 Å². The first-order valence-electron chi connectivity index (χ1n) is 5.45. The maximum atomic E-state index is 13.6. The molecule has 0 radical (unpaired) electrons. The molecule has 1 fully saturated rings. The first-order valence-corrected chi connectivity index (χ1v) is 6.57. The fraction of sp³-hybridized carbons (Fsp3) is 0.500. The molecule has 0 N–H and O–H groups in total. The Morgan fingerprint density at radius 3 is 2.59 bits per heavy atom. The summed E-state index contributed by atoms with van der Waals surface area (Å²) in [5.41, 5.74) is 0.552. The highest BCUT2D eigenvalue weighted by Gasteiger charge is 2.19. The van der Waals surface area contributed by atoms with E-state index in [2.05, 4.69) is 15.9 Å². The molecule has 1 aliphatic heterocycles. The third-order valence-electron chi connectivity index (χ3n) is 2.70. The van der Waals surface area contributed by atoms with Gasteiger partial charge in [0.05, 0.1) is 13.2 Å². The summed E-state index contributed by atoms with van der Waals surface area (Å²) in [4.78, 5) is 0.